The maximum atomic E-state index is 11.8. The number of alkyl carbamates (subject to hydrolysis) is 1. The molecule has 1 saturated carbocycles. The fourth-order valence-corrected chi connectivity index (χ4v) is 2.99. The second-order valence-corrected chi connectivity index (χ2v) is 7.57. The number of amides is 1. The lowest BCUT2D eigenvalue weighted by Crippen LogP contribution is -2.37. The van der Waals surface area contributed by atoms with E-state index in [-0.39, 0.29) is 18.6 Å². The number of hydrogen-bond acceptors (Lipinski definition) is 7. The summed E-state index contributed by atoms with van der Waals surface area (Å²) >= 11 is 0. The number of hydrazine groups is 1. The van der Waals surface area contributed by atoms with Gasteiger partial charge in [0, 0.05) is 7.05 Å². The fraction of sp³-hybridized carbons (Fsp3) is 0.600. The zero-order valence-corrected chi connectivity index (χ0v) is 17.1. The molecule has 0 aromatic carbocycles. The van der Waals surface area contributed by atoms with Gasteiger partial charge < -0.3 is 25.5 Å². The van der Waals surface area contributed by atoms with Crippen LogP contribution in [0.1, 0.15) is 51.6 Å². The molecule has 0 radical (unpaired) electrons. The van der Waals surface area contributed by atoms with Gasteiger partial charge in [0.2, 0.25) is 0 Å². The van der Waals surface area contributed by atoms with Crippen LogP contribution < -0.4 is 21.6 Å². The predicted octanol–water partition coefficient (Wildman–Crippen LogP) is 2.61. The van der Waals surface area contributed by atoms with Crippen molar-refractivity contribution < 1.29 is 14.3 Å². The van der Waals surface area contributed by atoms with Gasteiger partial charge in [-0.05, 0) is 43.7 Å². The van der Waals surface area contributed by atoms with E-state index in [1.165, 1.54) is 24.3 Å². The minimum absolute atomic E-state index is 0.137. The highest BCUT2D eigenvalue weighted by Crippen LogP contribution is 2.23. The molecule has 1 aromatic rings. The van der Waals surface area contributed by atoms with Crippen molar-refractivity contribution >= 4 is 11.8 Å². The second kappa shape index (κ2) is 10.8. The average molecular weight is 392 g/mol. The fourth-order valence-electron chi connectivity index (χ4n) is 2.99. The molecule has 156 valence electrons. The summed E-state index contributed by atoms with van der Waals surface area (Å²) < 4.78 is 11.1. The van der Waals surface area contributed by atoms with Crippen molar-refractivity contribution in [2.75, 3.05) is 20.2 Å². The van der Waals surface area contributed by atoms with Crippen LogP contribution in [-0.4, -0.2) is 42.4 Å². The Hall–Kier alpha value is -2.48. The minimum Gasteiger partial charge on any atom is -0.489 e. The van der Waals surface area contributed by atoms with Crippen LogP contribution in [0.2, 0.25) is 0 Å². The number of pyridine rings is 1. The molecule has 0 saturated heterocycles. The van der Waals surface area contributed by atoms with Crippen LogP contribution >= 0.6 is 0 Å². The van der Waals surface area contributed by atoms with Gasteiger partial charge in [0.05, 0.1) is 42.5 Å². The summed E-state index contributed by atoms with van der Waals surface area (Å²) in [5, 5.41) is 4.03. The molecule has 1 aromatic heterocycles. The zero-order chi connectivity index (χ0) is 20.5. The van der Waals surface area contributed by atoms with Gasteiger partial charge in [-0.15, -0.1) is 0 Å². The van der Waals surface area contributed by atoms with Gasteiger partial charge >= 0.3 is 6.09 Å². The van der Waals surface area contributed by atoms with Crippen LogP contribution in [0.25, 0.3) is 5.70 Å². The monoisotopic (exact) mass is 391 g/mol. The molecule has 0 unspecified atom stereocenters. The molecule has 2 rings (SSSR count). The second-order valence-electron chi connectivity index (χ2n) is 7.57. The lowest BCUT2D eigenvalue weighted by molar-refractivity contribution is 0.133. The van der Waals surface area contributed by atoms with Crippen LogP contribution in [0.4, 0.5) is 4.79 Å². The van der Waals surface area contributed by atoms with Gasteiger partial charge in [0.25, 0.3) is 0 Å². The molecule has 5 N–H and O–H groups in total. The summed E-state index contributed by atoms with van der Waals surface area (Å²) in [7, 11) is 1.66. The van der Waals surface area contributed by atoms with E-state index in [2.05, 4.69) is 10.3 Å². The Balaban J connectivity index is 2.00. The lowest BCUT2D eigenvalue weighted by Gasteiger charge is -2.23. The first kappa shape index (κ1) is 21.8. The Kier molecular flexibility index (Phi) is 8.38. The van der Waals surface area contributed by atoms with E-state index in [1.807, 2.05) is 19.9 Å². The van der Waals surface area contributed by atoms with E-state index in [0.29, 0.717) is 23.7 Å². The largest absolute Gasteiger partial charge is 0.489 e. The van der Waals surface area contributed by atoms with E-state index >= 15 is 0 Å². The molecule has 1 fully saturated rings. The van der Waals surface area contributed by atoms with Gasteiger partial charge in [-0.2, -0.15) is 0 Å². The summed E-state index contributed by atoms with van der Waals surface area (Å²) in [6, 6.07) is 3.66. The predicted molar refractivity (Wildman–Crippen MR) is 109 cm³/mol. The van der Waals surface area contributed by atoms with Crippen LogP contribution in [0.5, 0.6) is 5.75 Å². The smallest absolute Gasteiger partial charge is 0.407 e. The maximum Gasteiger partial charge on any atom is 0.407 e. The Bertz CT molecular complexity index is 652. The summed E-state index contributed by atoms with van der Waals surface area (Å²) in [4.78, 5) is 16.2. The van der Waals surface area contributed by atoms with E-state index < -0.39 is 6.09 Å². The van der Waals surface area contributed by atoms with Crippen molar-refractivity contribution in [2.24, 2.45) is 17.5 Å². The molecule has 0 atom stereocenters. The molecule has 1 aliphatic rings. The standard InChI is InChI=1S/C20H33N5O3/c1-14(2)13-27-20(26)24-12-18(25(3)22)19(21)17-10-9-16(11-23-17)28-15-7-5-4-6-8-15/h9-11,14-15H,4-8,12-13,21-22H2,1-3H3,(H,24,26)/b19-18-. The average Bonchev–Trinajstić information content (AvgIpc) is 2.67. The van der Waals surface area contributed by atoms with Crippen molar-refractivity contribution in [3.8, 4) is 5.75 Å². The molecule has 8 heteroatoms. The van der Waals surface area contributed by atoms with Crippen molar-refractivity contribution in [1.29, 1.82) is 0 Å². The molecule has 1 heterocycles. The molecule has 28 heavy (non-hydrogen) atoms. The Labute approximate surface area is 167 Å². The number of ether oxygens (including phenoxy) is 2. The highest BCUT2D eigenvalue weighted by Gasteiger charge is 2.16. The zero-order valence-electron chi connectivity index (χ0n) is 17.1. The van der Waals surface area contributed by atoms with Gasteiger partial charge in [-0.3, -0.25) is 4.98 Å². The third-order valence-electron chi connectivity index (χ3n) is 4.55. The maximum absolute atomic E-state index is 11.8. The molecule has 8 nitrogen and oxygen atoms in total. The molecule has 1 amide bonds. The third-order valence-corrected chi connectivity index (χ3v) is 4.55. The SMILES string of the molecule is CC(C)COC(=O)NC/C(=C(/N)c1ccc(OC2CCCCC2)cn1)N(C)N. The van der Waals surface area contributed by atoms with Crippen molar-refractivity contribution in [1.82, 2.24) is 15.3 Å². The van der Waals surface area contributed by atoms with Gasteiger partial charge in [0.15, 0.2) is 0 Å². The number of likely N-dealkylation sites (N-methyl/N-ethyl adjacent to an activating group) is 1. The Morgan fingerprint density at radius 1 is 1.32 bits per heavy atom. The topological polar surface area (TPSA) is 116 Å². The number of carbonyl (C=O) groups is 1. The quantitative estimate of drug-likeness (QED) is 0.461. The van der Waals surface area contributed by atoms with Crippen LogP contribution in [0.3, 0.4) is 0 Å². The number of nitrogens with one attached hydrogen (secondary N) is 1. The lowest BCUT2D eigenvalue weighted by atomic mass is 9.98. The number of rotatable bonds is 8. The molecule has 1 aliphatic carbocycles. The van der Waals surface area contributed by atoms with Gasteiger partial charge in [-0.1, -0.05) is 20.3 Å². The first-order chi connectivity index (χ1) is 13.4. The molecule has 0 bridgehead atoms. The normalized spacial score (nSPS) is 15.8. The summed E-state index contributed by atoms with van der Waals surface area (Å²) in [5.41, 5.74) is 7.74. The van der Waals surface area contributed by atoms with E-state index in [1.54, 1.807) is 19.3 Å². The van der Waals surface area contributed by atoms with E-state index in [9.17, 15) is 4.79 Å². The molecular formula is C20H33N5O3. The van der Waals surface area contributed by atoms with Gasteiger partial charge in [-0.25, -0.2) is 10.6 Å². The van der Waals surface area contributed by atoms with E-state index in [4.69, 9.17) is 21.1 Å². The highest BCUT2D eigenvalue weighted by molar-refractivity contribution is 5.69. The van der Waals surface area contributed by atoms with Crippen LogP contribution in [0.15, 0.2) is 24.0 Å². The van der Waals surface area contributed by atoms with Crippen molar-refractivity contribution in [3.05, 3.63) is 29.7 Å². The first-order valence-electron chi connectivity index (χ1n) is 9.87. The number of carbonyl (C=O) groups excluding carboxylic acids is 1. The summed E-state index contributed by atoms with van der Waals surface area (Å²) in [6.45, 7) is 4.43. The summed E-state index contributed by atoms with van der Waals surface area (Å²) in [6.07, 6.45) is 7.32. The van der Waals surface area contributed by atoms with Crippen molar-refractivity contribution in [2.45, 2.75) is 52.1 Å². The minimum atomic E-state index is -0.509. The van der Waals surface area contributed by atoms with E-state index in [0.717, 1.165) is 18.6 Å². The van der Waals surface area contributed by atoms with Crippen LogP contribution in [0, 0.1) is 5.92 Å². The third kappa shape index (κ3) is 6.92. The highest BCUT2D eigenvalue weighted by atomic mass is 16.5. The first-order valence-corrected chi connectivity index (χ1v) is 9.87. The molecule has 0 spiro atoms. The Morgan fingerprint density at radius 3 is 2.61 bits per heavy atom. The number of aromatic nitrogens is 1. The number of hydrogen-bond donors (Lipinski definition) is 3. The molecule has 0 aliphatic heterocycles. The van der Waals surface area contributed by atoms with Crippen LogP contribution in [-0.2, 0) is 4.74 Å². The Morgan fingerprint density at radius 2 is 2.04 bits per heavy atom. The molecular weight excluding hydrogens is 358 g/mol. The van der Waals surface area contributed by atoms with Crippen molar-refractivity contribution in [3.63, 3.8) is 0 Å². The van der Waals surface area contributed by atoms with Gasteiger partial charge in [0.1, 0.15) is 5.75 Å². The number of nitrogens with two attached hydrogens (primary N) is 2. The summed E-state index contributed by atoms with van der Waals surface area (Å²) in [5.74, 6) is 6.89. The number of nitrogens with zero attached hydrogens (tertiary/aromatic N) is 2.